The summed E-state index contributed by atoms with van der Waals surface area (Å²) in [4.78, 5) is 20.3. The fourth-order valence-electron chi connectivity index (χ4n) is 8.12. The highest BCUT2D eigenvalue weighted by molar-refractivity contribution is 7.90. The third-order valence-corrected chi connectivity index (χ3v) is 13.7. The largest absolute Gasteiger partial charge is 0.491 e. The average Bonchev–Trinajstić information content (AvgIpc) is 3.67. The number of anilines is 1. The third kappa shape index (κ3) is 6.50. The minimum atomic E-state index is -4.04. The average molecular weight is 711 g/mol. The van der Waals surface area contributed by atoms with Crippen molar-refractivity contribution >= 4 is 33.2 Å². The van der Waals surface area contributed by atoms with E-state index in [-0.39, 0.29) is 34.3 Å². The molecule has 3 heterocycles. The van der Waals surface area contributed by atoms with Crippen molar-refractivity contribution in [2.75, 3.05) is 18.1 Å². The van der Waals surface area contributed by atoms with Gasteiger partial charge in [-0.2, -0.15) is 0 Å². The van der Waals surface area contributed by atoms with Gasteiger partial charge in [-0.1, -0.05) is 36.7 Å². The van der Waals surface area contributed by atoms with Crippen molar-refractivity contribution in [2.24, 2.45) is 30.7 Å². The monoisotopic (exact) mass is 710 g/mol. The van der Waals surface area contributed by atoms with Crippen LogP contribution in [-0.4, -0.2) is 47.9 Å². The molecule has 1 aromatic heterocycles. The minimum absolute atomic E-state index is 0.0761. The minimum Gasteiger partial charge on any atom is -0.491 e. The zero-order valence-corrected chi connectivity index (χ0v) is 29.8. The number of nitrogens with one attached hydrogen (secondary N) is 1. The normalized spacial score (nSPS) is 29.6. The van der Waals surface area contributed by atoms with E-state index in [1.165, 1.54) is 0 Å². The molecule has 3 aromatic rings. The Kier molecular flexibility index (Phi) is 9.30. The first-order valence-electron chi connectivity index (χ1n) is 17.3. The SMILES string of the molecule is C[C@@H]1[C@@H](C)S(=O)(=O)NC(=O)c2ccc3c(c2)N(Cc2ccc(Cl)c(F)c2CCCCO3)C[C@@H]2CC[C@H]2C2(OCc3nccn3C)C=C[C@H]1C2. The Morgan fingerprint density at radius 1 is 1.18 bits per heavy atom. The summed E-state index contributed by atoms with van der Waals surface area (Å²) < 4.78 is 60.5. The number of allylic oxidation sites excluding steroid dienone is 1. The molecule has 4 aliphatic rings. The Bertz CT molecular complexity index is 1880. The summed E-state index contributed by atoms with van der Waals surface area (Å²) in [7, 11) is -2.09. The van der Waals surface area contributed by atoms with Crippen LogP contribution in [0.2, 0.25) is 5.02 Å². The Labute approximate surface area is 292 Å². The van der Waals surface area contributed by atoms with Gasteiger partial charge in [-0.3, -0.25) is 4.79 Å². The standard InChI is InChI=1S/C37H44ClFN4O5S/c1-23-24(2)49(45,46)41-36(44)25-9-12-33-32(18-25)43(20-27-8-11-31(38)35(39)29(27)6-4-5-17-47-33)21-28-7-10-30(28)37(14-13-26(23)19-37)48-22-34-40-15-16-42(34)3/h8-9,11-16,18,23-24,26,28,30H,4-7,10,17,19-22H2,1-3H3,(H,41,44)/t23-,24-,26+,28+,30-,37?/m1/s1. The molecule has 2 aliphatic carbocycles. The van der Waals surface area contributed by atoms with Gasteiger partial charge in [0, 0.05) is 38.1 Å². The number of benzene rings is 2. The summed E-state index contributed by atoms with van der Waals surface area (Å²) in [6.07, 6.45) is 12.4. The topological polar surface area (TPSA) is 103 Å². The van der Waals surface area contributed by atoms with Gasteiger partial charge in [-0.25, -0.2) is 22.5 Å². The fraction of sp³-hybridized carbons (Fsp3) is 0.514. The summed E-state index contributed by atoms with van der Waals surface area (Å²) in [5.41, 5.74) is 1.66. The van der Waals surface area contributed by atoms with Gasteiger partial charge in [0.15, 0.2) is 0 Å². The van der Waals surface area contributed by atoms with Crippen LogP contribution in [0.5, 0.6) is 5.75 Å². The molecule has 0 radical (unpaired) electrons. The van der Waals surface area contributed by atoms with E-state index in [9.17, 15) is 13.2 Å². The van der Waals surface area contributed by atoms with Gasteiger partial charge in [0.25, 0.3) is 5.91 Å². The van der Waals surface area contributed by atoms with Crippen molar-refractivity contribution in [3.05, 3.63) is 88.2 Å². The van der Waals surface area contributed by atoms with Crippen molar-refractivity contribution in [1.29, 1.82) is 0 Å². The van der Waals surface area contributed by atoms with Gasteiger partial charge < -0.3 is 18.9 Å². The lowest BCUT2D eigenvalue weighted by molar-refractivity contribution is -0.114. The van der Waals surface area contributed by atoms with Crippen LogP contribution in [0.3, 0.4) is 0 Å². The number of ether oxygens (including phenoxy) is 2. The Morgan fingerprint density at radius 3 is 2.78 bits per heavy atom. The summed E-state index contributed by atoms with van der Waals surface area (Å²) in [6, 6.07) is 8.56. The molecule has 1 saturated carbocycles. The Balaban J connectivity index is 1.34. The van der Waals surface area contributed by atoms with E-state index in [1.807, 2.05) is 30.8 Å². The van der Waals surface area contributed by atoms with Crippen LogP contribution in [0.25, 0.3) is 0 Å². The molecule has 4 bridgehead atoms. The van der Waals surface area contributed by atoms with E-state index in [1.54, 1.807) is 37.4 Å². The highest BCUT2D eigenvalue weighted by atomic mass is 35.5. The van der Waals surface area contributed by atoms with Gasteiger partial charge in [0.1, 0.15) is 24.0 Å². The fourth-order valence-corrected chi connectivity index (χ4v) is 9.63. The van der Waals surface area contributed by atoms with Gasteiger partial charge in [0.2, 0.25) is 10.0 Å². The van der Waals surface area contributed by atoms with E-state index in [2.05, 4.69) is 26.8 Å². The number of nitrogens with zero attached hydrogens (tertiary/aromatic N) is 3. The predicted octanol–water partition coefficient (Wildman–Crippen LogP) is 6.59. The molecule has 12 heteroatoms. The molecular weight excluding hydrogens is 667 g/mol. The van der Waals surface area contributed by atoms with Crippen molar-refractivity contribution in [3.63, 3.8) is 0 Å². The van der Waals surface area contributed by atoms with Crippen LogP contribution in [0.4, 0.5) is 10.1 Å². The second-order valence-corrected chi connectivity index (χ2v) is 16.7. The maximum absolute atomic E-state index is 15.6. The molecule has 1 fully saturated rings. The van der Waals surface area contributed by atoms with Crippen molar-refractivity contribution in [2.45, 2.75) is 76.4 Å². The zero-order valence-electron chi connectivity index (χ0n) is 28.2. The number of aryl methyl sites for hydroxylation is 1. The first kappa shape index (κ1) is 34.1. The highest BCUT2D eigenvalue weighted by Gasteiger charge is 2.52. The Morgan fingerprint density at radius 2 is 2.02 bits per heavy atom. The second-order valence-electron chi connectivity index (χ2n) is 14.3. The van der Waals surface area contributed by atoms with Crippen LogP contribution in [0.15, 0.2) is 54.9 Å². The van der Waals surface area contributed by atoms with Crippen molar-refractivity contribution in [3.8, 4) is 5.75 Å². The first-order valence-corrected chi connectivity index (χ1v) is 19.2. The van der Waals surface area contributed by atoms with Crippen LogP contribution < -0.4 is 14.4 Å². The highest BCUT2D eigenvalue weighted by Crippen LogP contribution is 2.52. The summed E-state index contributed by atoms with van der Waals surface area (Å²) in [5, 5.41) is -0.739. The number of amides is 1. The van der Waals surface area contributed by atoms with E-state index in [4.69, 9.17) is 21.1 Å². The summed E-state index contributed by atoms with van der Waals surface area (Å²) in [5.74, 6) is 0.301. The van der Waals surface area contributed by atoms with Crippen molar-refractivity contribution < 1.29 is 27.1 Å². The van der Waals surface area contributed by atoms with Gasteiger partial charge >= 0.3 is 0 Å². The third-order valence-electron chi connectivity index (χ3n) is 11.5. The number of carbonyl (C=O) groups excluding carboxylic acids is 1. The molecule has 0 spiro atoms. The molecule has 1 unspecified atom stereocenters. The van der Waals surface area contributed by atoms with E-state index >= 15 is 4.39 Å². The molecule has 262 valence electrons. The lowest BCUT2D eigenvalue weighted by Crippen LogP contribution is -2.51. The quantitative estimate of drug-likeness (QED) is 0.306. The maximum Gasteiger partial charge on any atom is 0.264 e. The number of aromatic nitrogens is 2. The molecular formula is C37H44ClFN4O5S. The number of imidazole rings is 1. The van der Waals surface area contributed by atoms with Crippen LogP contribution in [-0.2, 0) is 41.4 Å². The summed E-state index contributed by atoms with van der Waals surface area (Å²) >= 11 is 6.27. The van der Waals surface area contributed by atoms with E-state index in [0.29, 0.717) is 62.6 Å². The number of carbonyl (C=O) groups is 1. The van der Waals surface area contributed by atoms with Crippen LogP contribution in [0.1, 0.15) is 73.3 Å². The van der Waals surface area contributed by atoms with Gasteiger partial charge in [0.05, 0.1) is 28.2 Å². The number of hydrogen-bond donors (Lipinski definition) is 1. The smallest absolute Gasteiger partial charge is 0.264 e. The summed E-state index contributed by atoms with van der Waals surface area (Å²) in [6.45, 7) is 5.30. The molecule has 9 nitrogen and oxygen atoms in total. The van der Waals surface area contributed by atoms with Crippen LogP contribution >= 0.6 is 11.6 Å². The van der Waals surface area contributed by atoms with E-state index < -0.39 is 32.6 Å². The Hall–Kier alpha value is -3.41. The van der Waals surface area contributed by atoms with Crippen molar-refractivity contribution in [1.82, 2.24) is 14.3 Å². The first-order chi connectivity index (χ1) is 23.5. The molecule has 1 amide bonds. The molecule has 2 aliphatic heterocycles. The predicted molar refractivity (Wildman–Crippen MR) is 187 cm³/mol. The number of hydrogen-bond acceptors (Lipinski definition) is 7. The number of rotatable bonds is 3. The molecule has 1 N–H and O–H groups in total. The van der Waals surface area contributed by atoms with Crippen LogP contribution in [0, 0.1) is 29.5 Å². The molecule has 7 rings (SSSR count). The number of sulfonamides is 1. The second kappa shape index (κ2) is 13.4. The molecule has 2 aromatic carbocycles. The molecule has 6 atom stereocenters. The lowest BCUT2D eigenvalue weighted by Gasteiger charge is -2.50. The van der Waals surface area contributed by atoms with Gasteiger partial charge in [-0.05, 0) is 105 Å². The van der Waals surface area contributed by atoms with E-state index in [0.717, 1.165) is 30.7 Å². The molecule has 0 saturated heterocycles. The number of halogens is 2. The lowest BCUT2D eigenvalue weighted by atomic mass is 9.63. The van der Waals surface area contributed by atoms with Gasteiger partial charge in [-0.15, -0.1) is 0 Å². The zero-order chi connectivity index (χ0) is 34.5. The molecule has 49 heavy (non-hydrogen) atoms. The number of fused-ring (bicyclic) bond motifs is 6. The maximum atomic E-state index is 15.6.